The fraction of sp³-hybridized carbons (Fsp3) is 0.0769. The molecule has 0 N–H and O–H groups in total. The van der Waals surface area contributed by atoms with E-state index in [-0.39, 0.29) is 0 Å². The summed E-state index contributed by atoms with van der Waals surface area (Å²) < 4.78 is 0.711. The van der Waals surface area contributed by atoms with Gasteiger partial charge in [0.05, 0.1) is 0 Å². The lowest BCUT2D eigenvalue weighted by Crippen LogP contribution is -1.87. The highest BCUT2D eigenvalue weighted by Crippen LogP contribution is 2.33. The van der Waals surface area contributed by atoms with Gasteiger partial charge in [0.2, 0.25) is 0 Å². The van der Waals surface area contributed by atoms with Crippen molar-refractivity contribution in [2.75, 3.05) is 0 Å². The number of aryl methyl sites for hydroxylation is 1. The third-order valence-electron chi connectivity index (χ3n) is 2.13. The van der Waals surface area contributed by atoms with Crippen molar-refractivity contribution >= 4 is 45.7 Å². The fourth-order valence-electron chi connectivity index (χ4n) is 1.32. The van der Waals surface area contributed by atoms with Crippen molar-refractivity contribution in [1.82, 2.24) is 0 Å². The van der Waals surface area contributed by atoms with Crippen LogP contribution in [0.3, 0.4) is 0 Å². The second-order valence-corrected chi connectivity index (χ2v) is 5.17. The molecule has 0 radical (unpaired) electrons. The van der Waals surface area contributed by atoms with Crippen molar-refractivity contribution < 1.29 is 0 Å². The second kappa shape index (κ2) is 5.76. The van der Waals surface area contributed by atoms with E-state index in [1.54, 1.807) is 6.08 Å². The molecular weight excluding hydrogens is 304 g/mol. The van der Waals surface area contributed by atoms with Crippen LogP contribution in [-0.2, 0) is 0 Å². The number of benzene rings is 1. The van der Waals surface area contributed by atoms with Gasteiger partial charge in [-0.1, -0.05) is 58.9 Å². The van der Waals surface area contributed by atoms with Crippen molar-refractivity contribution in [2.24, 2.45) is 0 Å². The third kappa shape index (κ3) is 3.03. The van der Waals surface area contributed by atoms with Crippen LogP contribution in [-0.4, -0.2) is 0 Å². The minimum Gasteiger partial charge on any atom is -0.142 e. The molecule has 0 aliphatic carbocycles. The summed E-state index contributed by atoms with van der Waals surface area (Å²) in [5.74, 6) is 0. The molecule has 0 saturated carbocycles. The monoisotopic (exact) mass is 314 g/mol. The molecule has 0 bridgehead atoms. The van der Waals surface area contributed by atoms with Crippen LogP contribution in [0.2, 0.25) is 5.02 Å². The molecule has 0 aromatic heterocycles. The van der Waals surface area contributed by atoms with Gasteiger partial charge in [-0.25, -0.2) is 0 Å². The molecular formula is C13H12BrClS. The number of rotatable bonds is 3. The molecule has 0 aliphatic heterocycles. The van der Waals surface area contributed by atoms with Crippen LogP contribution in [0.25, 0.3) is 5.57 Å². The highest BCUT2D eigenvalue weighted by Gasteiger charge is 2.08. The second-order valence-electron chi connectivity index (χ2n) is 3.35. The molecule has 0 spiro atoms. The first-order chi connectivity index (χ1) is 7.47. The van der Waals surface area contributed by atoms with Gasteiger partial charge in [0.15, 0.2) is 0 Å². The third-order valence-corrected chi connectivity index (χ3v) is 3.66. The van der Waals surface area contributed by atoms with Crippen molar-refractivity contribution in [1.29, 1.82) is 0 Å². The number of thiol groups is 1. The molecule has 1 aromatic carbocycles. The van der Waals surface area contributed by atoms with Gasteiger partial charge in [0.1, 0.15) is 0 Å². The van der Waals surface area contributed by atoms with Gasteiger partial charge in [-0.05, 0) is 24.1 Å². The predicted octanol–water partition coefficient (Wildman–Crippen LogP) is 5.38. The highest BCUT2D eigenvalue weighted by atomic mass is 79.9. The Morgan fingerprint density at radius 3 is 2.56 bits per heavy atom. The van der Waals surface area contributed by atoms with Crippen molar-refractivity contribution in [3.05, 3.63) is 63.0 Å². The van der Waals surface area contributed by atoms with Gasteiger partial charge in [0.25, 0.3) is 0 Å². The molecule has 0 amide bonds. The van der Waals surface area contributed by atoms with E-state index in [1.165, 1.54) is 0 Å². The summed E-state index contributed by atoms with van der Waals surface area (Å²) in [5, 5.41) is 0.690. The summed E-state index contributed by atoms with van der Waals surface area (Å²) in [7, 11) is 0. The normalized spacial score (nSPS) is 12.0. The highest BCUT2D eigenvalue weighted by molar-refractivity contribution is 9.12. The van der Waals surface area contributed by atoms with E-state index >= 15 is 0 Å². The topological polar surface area (TPSA) is 0 Å². The minimum atomic E-state index is 0.690. The molecule has 0 saturated heterocycles. The number of hydrogen-bond acceptors (Lipinski definition) is 1. The Bertz CT molecular complexity index is 475. The van der Waals surface area contributed by atoms with Crippen molar-refractivity contribution in [2.45, 2.75) is 6.92 Å². The molecule has 1 rings (SSSR count). The summed E-state index contributed by atoms with van der Waals surface area (Å²) in [5.41, 5.74) is 2.90. The lowest BCUT2D eigenvalue weighted by molar-refractivity contribution is 1.45. The quantitative estimate of drug-likeness (QED) is 0.561. The Kier molecular flexibility index (Phi) is 4.90. The lowest BCUT2D eigenvalue weighted by Gasteiger charge is -2.09. The summed E-state index contributed by atoms with van der Waals surface area (Å²) in [6, 6.07) is 5.88. The molecule has 1 aromatic rings. The van der Waals surface area contributed by atoms with Crippen LogP contribution in [0.1, 0.15) is 11.1 Å². The number of halogens is 2. The standard InChI is InChI=1S/C13H12BrClS/c1-4-10(13(16)9(3)14)11-6-5-8(2)7-12(11)15/h4-7,16H,1,3H2,2H3/b13-10-. The molecule has 16 heavy (non-hydrogen) atoms. The average molecular weight is 316 g/mol. The molecule has 0 fully saturated rings. The summed E-state index contributed by atoms with van der Waals surface area (Å²) in [6.07, 6.45) is 1.73. The van der Waals surface area contributed by atoms with E-state index < -0.39 is 0 Å². The molecule has 3 heteroatoms. The zero-order chi connectivity index (χ0) is 12.3. The van der Waals surface area contributed by atoms with E-state index in [2.05, 4.69) is 41.7 Å². The summed E-state index contributed by atoms with van der Waals surface area (Å²) in [6.45, 7) is 9.56. The predicted molar refractivity (Wildman–Crippen MR) is 80.4 cm³/mol. The van der Waals surface area contributed by atoms with E-state index in [1.807, 2.05) is 25.1 Å². The van der Waals surface area contributed by atoms with Crippen LogP contribution in [0.5, 0.6) is 0 Å². The number of allylic oxidation sites excluding steroid dienone is 3. The van der Waals surface area contributed by atoms with Gasteiger partial charge in [0, 0.05) is 20.0 Å². The Balaban J connectivity index is 3.41. The molecule has 0 atom stereocenters. The Morgan fingerprint density at radius 2 is 2.12 bits per heavy atom. The fourth-order valence-corrected chi connectivity index (χ4v) is 2.08. The zero-order valence-electron chi connectivity index (χ0n) is 8.93. The van der Waals surface area contributed by atoms with Crippen LogP contribution in [0.4, 0.5) is 0 Å². The van der Waals surface area contributed by atoms with Gasteiger partial charge in [-0.2, -0.15) is 0 Å². The van der Waals surface area contributed by atoms with E-state index in [9.17, 15) is 0 Å². The smallest absolute Gasteiger partial charge is 0.0487 e. The van der Waals surface area contributed by atoms with Crippen LogP contribution >= 0.6 is 40.2 Å². The van der Waals surface area contributed by atoms with Crippen LogP contribution < -0.4 is 0 Å². The summed E-state index contributed by atoms with van der Waals surface area (Å²) >= 11 is 13.9. The Labute approximate surface area is 115 Å². The molecule has 84 valence electrons. The van der Waals surface area contributed by atoms with Gasteiger partial charge in [-0.3, -0.25) is 0 Å². The minimum absolute atomic E-state index is 0.690. The Hall–Kier alpha value is -0.440. The first-order valence-electron chi connectivity index (χ1n) is 4.64. The molecule has 0 heterocycles. The molecule has 0 aliphatic rings. The number of hydrogen-bond donors (Lipinski definition) is 1. The van der Waals surface area contributed by atoms with Crippen molar-refractivity contribution in [3.63, 3.8) is 0 Å². The van der Waals surface area contributed by atoms with Gasteiger partial charge < -0.3 is 0 Å². The largest absolute Gasteiger partial charge is 0.142 e. The first-order valence-corrected chi connectivity index (χ1v) is 6.26. The maximum Gasteiger partial charge on any atom is 0.0487 e. The van der Waals surface area contributed by atoms with E-state index in [0.29, 0.717) is 9.51 Å². The molecule has 0 unspecified atom stereocenters. The van der Waals surface area contributed by atoms with Crippen LogP contribution in [0.15, 0.2) is 46.8 Å². The van der Waals surface area contributed by atoms with Gasteiger partial charge >= 0.3 is 0 Å². The van der Waals surface area contributed by atoms with E-state index in [4.69, 9.17) is 11.6 Å². The zero-order valence-corrected chi connectivity index (χ0v) is 12.2. The van der Waals surface area contributed by atoms with E-state index in [0.717, 1.165) is 21.6 Å². The van der Waals surface area contributed by atoms with Crippen LogP contribution in [0, 0.1) is 6.92 Å². The first kappa shape index (κ1) is 13.6. The van der Waals surface area contributed by atoms with Gasteiger partial charge in [-0.15, -0.1) is 12.6 Å². The molecule has 0 nitrogen and oxygen atoms in total. The van der Waals surface area contributed by atoms with Crippen molar-refractivity contribution in [3.8, 4) is 0 Å². The lowest BCUT2D eigenvalue weighted by atomic mass is 10.0. The SMILES string of the molecule is C=C/C(=C(/S)C(=C)Br)c1ccc(C)cc1Cl. The summed E-state index contributed by atoms with van der Waals surface area (Å²) in [4.78, 5) is 0.737. The maximum atomic E-state index is 6.19. The maximum absolute atomic E-state index is 6.19. The average Bonchev–Trinajstić information content (AvgIpc) is 2.21. The Morgan fingerprint density at radius 1 is 1.50 bits per heavy atom.